The van der Waals surface area contributed by atoms with E-state index in [-0.39, 0.29) is 11.1 Å². The van der Waals surface area contributed by atoms with Crippen molar-refractivity contribution in [2.75, 3.05) is 12.4 Å². The SMILES string of the molecule is CCc1ccc(NC(=O)c2cccn(Cc3cccc(OC)c3)c2=O)cc1. The van der Waals surface area contributed by atoms with E-state index in [4.69, 9.17) is 4.74 Å². The molecule has 0 aliphatic heterocycles. The molecule has 5 heteroatoms. The molecule has 3 rings (SSSR count). The Morgan fingerprint density at radius 3 is 2.52 bits per heavy atom. The maximum absolute atomic E-state index is 12.7. The summed E-state index contributed by atoms with van der Waals surface area (Å²) in [6.07, 6.45) is 2.61. The molecule has 2 aromatic carbocycles. The highest BCUT2D eigenvalue weighted by atomic mass is 16.5. The van der Waals surface area contributed by atoms with Crippen molar-refractivity contribution in [1.29, 1.82) is 0 Å². The van der Waals surface area contributed by atoms with Crippen LogP contribution in [0.4, 0.5) is 5.69 Å². The first-order valence-corrected chi connectivity index (χ1v) is 8.83. The van der Waals surface area contributed by atoms with E-state index in [1.54, 1.807) is 25.4 Å². The quantitative estimate of drug-likeness (QED) is 0.727. The van der Waals surface area contributed by atoms with E-state index < -0.39 is 5.91 Å². The van der Waals surface area contributed by atoms with Gasteiger partial charge in [-0.2, -0.15) is 0 Å². The smallest absolute Gasteiger partial charge is 0.263 e. The highest BCUT2D eigenvalue weighted by Crippen LogP contribution is 2.14. The van der Waals surface area contributed by atoms with Gasteiger partial charge in [-0.15, -0.1) is 0 Å². The summed E-state index contributed by atoms with van der Waals surface area (Å²) in [4.78, 5) is 25.3. The largest absolute Gasteiger partial charge is 0.497 e. The number of aromatic nitrogens is 1. The fourth-order valence-electron chi connectivity index (χ4n) is 2.82. The topological polar surface area (TPSA) is 60.3 Å². The molecule has 27 heavy (non-hydrogen) atoms. The minimum Gasteiger partial charge on any atom is -0.497 e. The van der Waals surface area contributed by atoms with Gasteiger partial charge in [0.05, 0.1) is 13.7 Å². The first kappa shape index (κ1) is 18.5. The summed E-state index contributed by atoms with van der Waals surface area (Å²) in [5, 5.41) is 2.79. The van der Waals surface area contributed by atoms with Gasteiger partial charge in [0.2, 0.25) is 0 Å². The fourth-order valence-corrected chi connectivity index (χ4v) is 2.82. The Hall–Kier alpha value is -3.34. The number of hydrogen-bond acceptors (Lipinski definition) is 3. The molecule has 1 heterocycles. The minimum absolute atomic E-state index is 0.111. The van der Waals surface area contributed by atoms with Gasteiger partial charge in [-0.1, -0.05) is 31.2 Å². The van der Waals surface area contributed by atoms with Gasteiger partial charge in [0.15, 0.2) is 0 Å². The molecule has 0 saturated heterocycles. The van der Waals surface area contributed by atoms with Gasteiger partial charge in [0.1, 0.15) is 11.3 Å². The predicted octanol–water partition coefficient (Wildman–Crippen LogP) is 3.72. The lowest BCUT2D eigenvalue weighted by atomic mass is 10.1. The normalized spacial score (nSPS) is 10.4. The zero-order chi connectivity index (χ0) is 19.2. The molecule has 0 fully saturated rings. The number of pyridine rings is 1. The molecule has 0 atom stereocenters. The summed E-state index contributed by atoms with van der Waals surface area (Å²) in [7, 11) is 1.60. The summed E-state index contributed by atoms with van der Waals surface area (Å²) in [6.45, 7) is 2.44. The molecule has 0 bridgehead atoms. The standard InChI is InChI=1S/C22H22N2O3/c1-3-16-9-11-18(12-10-16)23-21(25)20-8-5-13-24(22(20)26)15-17-6-4-7-19(14-17)27-2/h4-14H,3,15H2,1-2H3,(H,23,25). The number of anilines is 1. The third-order valence-corrected chi connectivity index (χ3v) is 4.37. The van der Waals surface area contributed by atoms with E-state index in [0.29, 0.717) is 12.2 Å². The molecule has 5 nitrogen and oxygen atoms in total. The summed E-state index contributed by atoms with van der Waals surface area (Å²) < 4.78 is 6.73. The molecule has 0 radical (unpaired) electrons. The van der Waals surface area contributed by atoms with E-state index in [1.807, 2.05) is 48.5 Å². The monoisotopic (exact) mass is 362 g/mol. The number of amides is 1. The number of carbonyl (C=O) groups is 1. The highest BCUT2D eigenvalue weighted by molar-refractivity contribution is 6.03. The van der Waals surface area contributed by atoms with Gasteiger partial charge in [0.25, 0.3) is 11.5 Å². The molecule has 0 spiro atoms. The van der Waals surface area contributed by atoms with Crippen molar-refractivity contribution in [3.05, 3.63) is 93.9 Å². The summed E-state index contributed by atoms with van der Waals surface area (Å²) in [5.41, 5.74) is 2.56. The van der Waals surface area contributed by atoms with Gasteiger partial charge < -0.3 is 14.6 Å². The Balaban J connectivity index is 1.80. The second-order valence-electron chi connectivity index (χ2n) is 6.21. The second-order valence-corrected chi connectivity index (χ2v) is 6.21. The fraction of sp³-hybridized carbons (Fsp3) is 0.182. The lowest BCUT2D eigenvalue weighted by Gasteiger charge is -2.10. The molecule has 0 saturated carbocycles. The molecule has 3 aromatic rings. The zero-order valence-corrected chi connectivity index (χ0v) is 15.4. The van der Waals surface area contributed by atoms with Crippen molar-refractivity contribution in [3.63, 3.8) is 0 Å². The van der Waals surface area contributed by atoms with Crippen LogP contribution in [0.5, 0.6) is 5.75 Å². The van der Waals surface area contributed by atoms with E-state index in [9.17, 15) is 9.59 Å². The third kappa shape index (κ3) is 4.44. The average molecular weight is 362 g/mol. The maximum atomic E-state index is 12.7. The minimum atomic E-state index is -0.413. The van der Waals surface area contributed by atoms with Gasteiger partial charge in [-0.05, 0) is 53.9 Å². The number of rotatable bonds is 6. The Labute approximate surface area is 158 Å². The number of aryl methyl sites for hydroxylation is 1. The average Bonchev–Trinajstić information content (AvgIpc) is 2.70. The Morgan fingerprint density at radius 2 is 1.81 bits per heavy atom. The number of nitrogens with one attached hydrogen (secondary N) is 1. The molecule has 0 aliphatic rings. The van der Waals surface area contributed by atoms with E-state index in [2.05, 4.69) is 12.2 Å². The van der Waals surface area contributed by atoms with E-state index in [1.165, 1.54) is 10.1 Å². The van der Waals surface area contributed by atoms with Gasteiger partial charge in [-0.3, -0.25) is 9.59 Å². The van der Waals surface area contributed by atoms with Crippen LogP contribution in [0, 0.1) is 0 Å². The van der Waals surface area contributed by atoms with Gasteiger partial charge in [-0.25, -0.2) is 0 Å². The van der Waals surface area contributed by atoms with Crippen LogP contribution in [0.25, 0.3) is 0 Å². The lowest BCUT2D eigenvalue weighted by molar-refractivity contribution is 0.102. The number of benzene rings is 2. The Kier molecular flexibility index (Phi) is 5.71. The number of nitrogens with zero attached hydrogens (tertiary/aromatic N) is 1. The van der Waals surface area contributed by atoms with Crippen LogP contribution >= 0.6 is 0 Å². The van der Waals surface area contributed by atoms with Gasteiger partial charge >= 0.3 is 0 Å². The van der Waals surface area contributed by atoms with Crippen molar-refractivity contribution in [2.45, 2.75) is 19.9 Å². The van der Waals surface area contributed by atoms with Crippen LogP contribution in [-0.2, 0) is 13.0 Å². The summed E-state index contributed by atoms with van der Waals surface area (Å²) in [6, 6.07) is 18.4. The van der Waals surface area contributed by atoms with Crippen LogP contribution in [0.1, 0.15) is 28.4 Å². The number of carbonyl (C=O) groups excluding carboxylic acids is 1. The molecular weight excluding hydrogens is 340 g/mol. The van der Waals surface area contributed by atoms with Crippen LogP contribution in [0.3, 0.4) is 0 Å². The molecular formula is C22H22N2O3. The molecule has 1 amide bonds. The third-order valence-electron chi connectivity index (χ3n) is 4.37. The van der Waals surface area contributed by atoms with E-state index >= 15 is 0 Å². The predicted molar refractivity (Wildman–Crippen MR) is 107 cm³/mol. The molecule has 0 aliphatic carbocycles. The van der Waals surface area contributed by atoms with Crippen molar-refractivity contribution in [3.8, 4) is 5.75 Å². The van der Waals surface area contributed by atoms with Gasteiger partial charge in [0, 0.05) is 11.9 Å². The molecule has 1 N–H and O–H groups in total. The first-order chi connectivity index (χ1) is 13.1. The van der Waals surface area contributed by atoms with E-state index in [0.717, 1.165) is 17.7 Å². The number of ether oxygens (including phenoxy) is 1. The Morgan fingerprint density at radius 1 is 1.04 bits per heavy atom. The van der Waals surface area contributed by atoms with Crippen molar-refractivity contribution < 1.29 is 9.53 Å². The molecule has 0 unspecified atom stereocenters. The summed E-state index contributed by atoms with van der Waals surface area (Å²) >= 11 is 0. The van der Waals surface area contributed by atoms with Crippen molar-refractivity contribution in [1.82, 2.24) is 4.57 Å². The molecule has 138 valence electrons. The zero-order valence-electron chi connectivity index (χ0n) is 15.4. The maximum Gasteiger partial charge on any atom is 0.263 e. The van der Waals surface area contributed by atoms with Crippen molar-refractivity contribution >= 4 is 11.6 Å². The van der Waals surface area contributed by atoms with Crippen LogP contribution < -0.4 is 15.6 Å². The molecule has 1 aromatic heterocycles. The Bertz CT molecular complexity index is 991. The highest BCUT2D eigenvalue weighted by Gasteiger charge is 2.13. The van der Waals surface area contributed by atoms with Crippen molar-refractivity contribution in [2.24, 2.45) is 0 Å². The first-order valence-electron chi connectivity index (χ1n) is 8.83. The number of methoxy groups -OCH3 is 1. The summed E-state index contributed by atoms with van der Waals surface area (Å²) in [5.74, 6) is 0.314. The van der Waals surface area contributed by atoms with Crippen LogP contribution in [-0.4, -0.2) is 17.6 Å². The van der Waals surface area contributed by atoms with Crippen LogP contribution in [0.2, 0.25) is 0 Å². The lowest BCUT2D eigenvalue weighted by Crippen LogP contribution is -2.29. The van der Waals surface area contributed by atoms with Crippen LogP contribution in [0.15, 0.2) is 71.7 Å². The number of hydrogen-bond donors (Lipinski definition) is 1. The second kappa shape index (κ2) is 8.36.